The van der Waals surface area contributed by atoms with Crippen molar-refractivity contribution in [2.75, 3.05) is 6.61 Å². The smallest absolute Gasteiger partial charge is 0.191 e. The summed E-state index contributed by atoms with van der Waals surface area (Å²) in [6.07, 6.45) is 5.87. The molecule has 3 heteroatoms. The predicted molar refractivity (Wildman–Crippen MR) is 124 cm³/mol. The average Bonchev–Trinajstić information content (AvgIpc) is 2.64. The fourth-order valence-corrected chi connectivity index (χ4v) is 6.02. The molecular weight excluding hydrogens is 360 g/mol. The summed E-state index contributed by atoms with van der Waals surface area (Å²) in [4.78, 5) is 0. The molecule has 0 bridgehead atoms. The molecule has 1 nitrogen and oxygen atoms in total. The number of hydrogen-bond donors (Lipinski definition) is 0. The van der Waals surface area contributed by atoms with Gasteiger partial charge in [-0.25, -0.2) is 0 Å². The van der Waals surface area contributed by atoms with Gasteiger partial charge in [-0.2, -0.15) is 0 Å². The van der Waals surface area contributed by atoms with Crippen molar-refractivity contribution in [3.8, 4) is 0 Å². The van der Waals surface area contributed by atoms with Crippen LogP contribution in [0.2, 0.25) is 18.1 Å². The van der Waals surface area contributed by atoms with E-state index in [1.54, 1.807) is 0 Å². The number of unbranched alkanes of at least 4 members (excludes halogenated alkanes) is 2. The first kappa shape index (κ1) is 21.9. The summed E-state index contributed by atoms with van der Waals surface area (Å²) in [6, 6.07) is 21.8. The Morgan fingerprint density at radius 1 is 0.852 bits per heavy atom. The van der Waals surface area contributed by atoms with Crippen molar-refractivity contribution < 1.29 is 4.43 Å². The third-order valence-electron chi connectivity index (χ3n) is 5.49. The van der Waals surface area contributed by atoms with Crippen LogP contribution in [0, 0.1) is 0 Å². The van der Waals surface area contributed by atoms with Crippen LogP contribution in [0.5, 0.6) is 0 Å². The Kier molecular flexibility index (Phi) is 8.27. The van der Waals surface area contributed by atoms with Crippen LogP contribution in [0.15, 0.2) is 72.4 Å². The van der Waals surface area contributed by atoms with E-state index in [4.69, 9.17) is 4.43 Å². The Labute approximate surface area is 169 Å². The summed E-state index contributed by atoms with van der Waals surface area (Å²) in [5, 5.41) is 3.20. The average molecular weight is 396 g/mol. The minimum Gasteiger partial charge on any atom is -0.417 e. The van der Waals surface area contributed by atoms with Gasteiger partial charge in [-0.3, -0.25) is 0 Å². The molecule has 0 heterocycles. The first-order valence-electron chi connectivity index (χ1n) is 10.1. The second kappa shape index (κ2) is 10.2. The lowest BCUT2D eigenvalue weighted by molar-refractivity contribution is 0.279. The maximum atomic E-state index is 6.28. The maximum absolute atomic E-state index is 6.28. The highest BCUT2D eigenvalue weighted by Gasteiger charge is 2.36. The van der Waals surface area contributed by atoms with Crippen LogP contribution in [0.4, 0.5) is 0 Å². The van der Waals surface area contributed by atoms with Gasteiger partial charge in [-0.1, -0.05) is 104 Å². The lowest BCUT2D eigenvalue weighted by atomic mass is 10.2. The SMILES string of the molecule is CC(C)(C)[Si](C)(C)OCCCC/C=C/[Si](c1ccccc1)c1ccccc1. The summed E-state index contributed by atoms with van der Waals surface area (Å²) in [7, 11) is -2.43. The van der Waals surface area contributed by atoms with E-state index in [-0.39, 0.29) is 0 Å². The zero-order chi connectivity index (χ0) is 19.8. The van der Waals surface area contributed by atoms with E-state index >= 15 is 0 Å². The fourth-order valence-electron chi connectivity index (χ4n) is 2.70. The second-order valence-electron chi connectivity index (χ2n) is 8.65. The molecule has 2 rings (SSSR count). The predicted octanol–water partition coefficient (Wildman–Crippen LogP) is 5.58. The summed E-state index contributed by atoms with van der Waals surface area (Å²) in [5.74, 6) is 0. The molecule has 1 radical (unpaired) electrons. The van der Waals surface area contributed by atoms with Crippen LogP contribution in [-0.2, 0) is 4.43 Å². The minimum absolute atomic E-state index is 0.301. The molecule has 0 fully saturated rings. The van der Waals surface area contributed by atoms with E-state index < -0.39 is 17.1 Å². The Morgan fingerprint density at radius 3 is 1.85 bits per heavy atom. The van der Waals surface area contributed by atoms with Gasteiger partial charge in [0, 0.05) is 6.61 Å². The Bertz CT molecular complexity index is 648. The molecule has 0 saturated heterocycles. The molecule has 0 spiro atoms. The van der Waals surface area contributed by atoms with Crippen LogP contribution in [-0.4, -0.2) is 23.7 Å². The monoisotopic (exact) mass is 395 g/mol. The number of benzene rings is 2. The van der Waals surface area contributed by atoms with Gasteiger partial charge in [0.05, 0.1) is 0 Å². The van der Waals surface area contributed by atoms with Crippen LogP contribution in [0.1, 0.15) is 40.0 Å². The first-order chi connectivity index (χ1) is 12.8. The normalized spacial score (nSPS) is 12.8. The topological polar surface area (TPSA) is 9.23 Å². The molecular formula is C24H35OSi2. The van der Waals surface area contributed by atoms with Crippen LogP contribution < -0.4 is 10.4 Å². The highest BCUT2D eigenvalue weighted by molar-refractivity contribution is 6.89. The van der Waals surface area contributed by atoms with Gasteiger partial charge >= 0.3 is 0 Å². The van der Waals surface area contributed by atoms with E-state index in [1.807, 2.05) is 0 Å². The van der Waals surface area contributed by atoms with Gasteiger partial charge in [0.15, 0.2) is 8.32 Å². The molecule has 0 aliphatic rings. The fraction of sp³-hybridized carbons (Fsp3) is 0.417. The third kappa shape index (κ3) is 6.91. The Morgan fingerprint density at radius 2 is 1.37 bits per heavy atom. The Hall–Kier alpha value is -1.43. The molecule has 0 amide bonds. The first-order valence-corrected chi connectivity index (χ1v) is 14.6. The van der Waals surface area contributed by atoms with Gasteiger partial charge in [0.1, 0.15) is 8.80 Å². The molecule has 0 aliphatic heterocycles. The van der Waals surface area contributed by atoms with Gasteiger partial charge in [-0.05, 0) is 37.4 Å². The standard InChI is InChI=1S/C24H35OSi2/c1-24(2,3)27(4,5)25-20-14-6-7-15-21-26(22-16-10-8-11-17-22)23-18-12-9-13-19-23/h8-13,15-19,21H,6-7,14,20H2,1-5H3/b21-15+. The quantitative estimate of drug-likeness (QED) is 0.397. The highest BCUT2D eigenvalue weighted by Crippen LogP contribution is 2.36. The summed E-state index contributed by atoms with van der Waals surface area (Å²) >= 11 is 0. The van der Waals surface area contributed by atoms with Crippen LogP contribution in [0.25, 0.3) is 0 Å². The largest absolute Gasteiger partial charge is 0.417 e. The Balaban J connectivity index is 1.85. The third-order valence-corrected chi connectivity index (χ3v) is 12.5. The van der Waals surface area contributed by atoms with E-state index in [9.17, 15) is 0 Å². The highest BCUT2D eigenvalue weighted by atomic mass is 28.4. The lowest BCUT2D eigenvalue weighted by Crippen LogP contribution is -2.41. The molecule has 0 saturated carbocycles. The van der Waals surface area contributed by atoms with Crippen molar-refractivity contribution in [2.45, 2.75) is 58.2 Å². The van der Waals surface area contributed by atoms with Crippen molar-refractivity contribution in [3.05, 3.63) is 72.4 Å². The van der Waals surface area contributed by atoms with Crippen molar-refractivity contribution in [3.63, 3.8) is 0 Å². The molecule has 0 atom stereocenters. The molecule has 2 aromatic rings. The van der Waals surface area contributed by atoms with Crippen molar-refractivity contribution in [2.24, 2.45) is 0 Å². The van der Waals surface area contributed by atoms with Crippen LogP contribution in [0.3, 0.4) is 0 Å². The maximum Gasteiger partial charge on any atom is 0.191 e. The summed E-state index contributed by atoms with van der Waals surface area (Å²) in [6.45, 7) is 12.5. The van der Waals surface area contributed by atoms with Crippen LogP contribution >= 0.6 is 0 Å². The summed E-state index contributed by atoms with van der Waals surface area (Å²) in [5.41, 5.74) is 2.46. The molecule has 0 aliphatic carbocycles. The number of allylic oxidation sites excluding steroid dienone is 1. The van der Waals surface area contributed by atoms with Gasteiger partial charge in [0.2, 0.25) is 0 Å². The van der Waals surface area contributed by atoms with Gasteiger partial charge in [0.25, 0.3) is 0 Å². The minimum atomic E-state index is -1.59. The zero-order valence-corrected chi connectivity index (χ0v) is 19.7. The molecule has 0 N–H and O–H groups in total. The molecule has 145 valence electrons. The van der Waals surface area contributed by atoms with Crippen molar-refractivity contribution in [1.82, 2.24) is 0 Å². The number of hydrogen-bond acceptors (Lipinski definition) is 1. The van der Waals surface area contributed by atoms with E-state index in [0.29, 0.717) is 5.04 Å². The van der Waals surface area contributed by atoms with Crippen molar-refractivity contribution >= 4 is 27.5 Å². The second-order valence-corrected chi connectivity index (χ2v) is 15.8. The van der Waals surface area contributed by atoms with E-state index in [1.165, 1.54) is 16.8 Å². The lowest BCUT2D eigenvalue weighted by Gasteiger charge is -2.36. The van der Waals surface area contributed by atoms with E-state index in [0.717, 1.165) is 19.4 Å². The van der Waals surface area contributed by atoms with Crippen molar-refractivity contribution in [1.29, 1.82) is 0 Å². The molecule has 27 heavy (non-hydrogen) atoms. The van der Waals surface area contributed by atoms with E-state index in [2.05, 4.69) is 106 Å². The van der Waals surface area contributed by atoms with Gasteiger partial charge < -0.3 is 4.43 Å². The molecule has 0 aromatic heterocycles. The molecule has 2 aromatic carbocycles. The summed E-state index contributed by atoms with van der Waals surface area (Å²) < 4.78 is 6.28. The van der Waals surface area contributed by atoms with Gasteiger partial charge in [-0.15, -0.1) is 0 Å². The number of rotatable bonds is 9. The molecule has 0 unspecified atom stereocenters. The zero-order valence-electron chi connectivity index (χ0n) is 17.7.